The zero-order valence-electron chi connectivity index (χ0n) is 10.9. The molecule has 0 fully saturated rings. The summed E-state index contributed by atoms with van der Waals surface area (Å²) in [5.41, 5.74) is 8.01. The largest absolute Gasteiger partial charge is 0.454 e. The SMILES string of the molecule is CC(C)(C)c1ccc(-c2ccc(C(N)=S)o2)cc1. The van der Waals surface area contributed by atoms with Gasteiger partial charge in [-0.05, 0) is 23.1 Å². The Hall–Kier alpha value is -1.61. The Morgan fingerprint density at radius 2 is 1.67 bits per heavy atom. The topological polar surface area (TPSA) is 39.2 Å². The Kier molecular flexibility index (Phi) is 3.26. The van der Waals surface area contributed by atoms with E-state index in [-0.39, 0.29) is 10.4 Å². The molecule has 94 valence electrons. The quantitative estimate of drug-likeness (QED) is 0.832. The van der Waals surface area contributed by atoms with Crippen LogP contribution in [0.2, 0.25) is 0 Å². The molecule has 1 aromatic heterocycles. The van der Waals surface area contributed by atoms with E-state index in [1.54, 1.807) is 6.07 Å². The van der Waals surface area contributed by atoms with E-state index in [4.69, 9.17) is 22.4 Å². The van der Waals surface area contributed by atoms with E-state index < -0.39 is 0 Å². The molecule has 1 heterocycles. The minimum absolute atomic E-state index is 0.158. The van der Waals surface area contributed by atoms with Crippen molar-refractivity contribution in [3.8, 4) is 11.3 Å². The highest BCUT2D eigenvalue weighted by atomic mass is 32.1. The molecule has 0 radical (unpaired) electrons. The van der Waals surface area contributed by atoms with Crippen LogP contribution in [0.4, 0.5) is 0 Å². The number of furan rings is 1. The first-order valence-electron chi connectivity index (χ1n) is 5.88. The van der Waals surface area contributed by atoms with Gasteiger partial charge in [-0.15, -0.1) is 0 Å². The van der Waals surface area contributed by atoms with E-state index in [2.05, 4.69) is 45.0 Å². The van der Waals surface area contributed by atoms with Crippen LogP contribution in [-0.4, -0.2) is 4.99 Å². The molecule has 1 aromatic carbocycles. The van der Waals surface area contributed by atoms with Crippen LogP contribution in [0, 0.1) is 0 Å². The third kappa shape index (κ3) is 2.62. The lowest BCUT2D eigenvalue weighted by atomic mass is 9.86. The average molecular weight is 259 g/mol. The summed E-state index contributed by atoms with van der Waals surface area (Å²) in [6.07, 6.45) is 0. The van der Waals surface area contributed by atoms with Crippen molar-refractivity contribution in [3.63, 3.8) is 0 Å². The fraction of sp³-hybridized carbons (Fsp3) is 0.267. The molecular formula is C15H17NOS. The summed E-state index contributed by atoms with van der Waals surface area (Å²) in [4.78, 5) is 0.285. The Morgan fingerprint density at radius 1 is 1.06 bits per heavy atom. The van der Waals surface area contributed by atoms with Gasteiger partial charge in [-0.1, -0.05) is 57.3 Å². The van der Waals surface area contributed by atoms with Crippen LogP contribution in [0.5, 0.6) is 0 Å². The molecular weight excluding hydrogens is 242 g/mol. The third-order valence-corrected chi connectivity index (χ3v) is 3.09. The average Bonchev–Trinajstić information content (AvgIpc) is 2.77. The fourth-order valence-corrected chi connectivity index (χ4v) is 1.87. The first-order valence-corrected chi connectivity index (χ1v) is 6.29. The second-order valence-electron chi connectivity index (χ2n) is 5.36. The van der Waals surface area contributed by atoms with Crippen LogP contribution in [0.15, 0.2) is 40.8 Å². The molecule has 2 rings (SSSR count). The maximum atomic E-state index is 5.59. The lowest BCUT2D eigenvalue weighted by molar-refractivity contribution is 0.572. The summed E-state index contributed by atoms with van der Waals surface area (Å²) < 4.78 is 5.59. The second kappa shape index (κ2) is 4.58. The lowest BCUT2D eigenvalue weighted by Crippen LogP contribution is -2.10. The van der Waals surface area contributed by atoms with E-state index in [0.717, 1.165) is 11.3 Å². The molecule has 3 heteroatoms. The van der Waals surface area contributed by atoms with Crippen LogP contribution in [0.3, 0.4) is 0 Å². The van der Waals surface area contributed by atoms with Gasteiger partial charge in [-0.25, -0.2) is 0 Å². The number of hydrogen-bond acceptors (Lipinski definition) is 2. The van der Waals surface area contributed by atoms with E-state index in [0.29, 0.717) is 5.76 Å². The fourth-order valence-electron chi connectivity index (χ4n) is 1.76. The molecule has 2 nitrogen and oxygen atoms in total. The molecule has 0 bridgehead atoms. The van der Waals surface area contributed by atoms with Crippen molar-refractivity contribution in [1.29, 1.82) is 0 Å². The van der Waals surface area contributed by atoms with Crippen molar-refractivity contribution in [1.82, 2.24) is 0 Å². The van der Waals surface area contributed by atoms with Crippen molar-refractivity contribution in [3.05, 3.63) is 47.7 Å². The standard InChI is InChI=1S/C15H17NOS/c1-15(2,3)11-6-4-10(5-7-11)12-8-9-13(17-12)14(16)18/h4-9H,1-3H3,(H2,16,18). The van der Waals surface area contributed by atoms with Gasteiger partial charge in [-0.2, -0.15) is 0 Å². The van der Waals surface area contributed by atoms with Crippen LogP contribution >= 0.6 is 12.2 Å². The summed E-state index contributed by atoms with van der Waals surface area (Å²) >= 11 is 4.88. The number of thiocarbonyl (C=S) groups is 1. The van der Waals surface area contributed by atoms with Crippen LogP contribution in [0.1, 0.15) is 32.1 Å². The zero-order valence-corrected chi connectivity index (χ0v) is 11.7. The van der Waals surface area contributed by atoms with Gasteiger partial charge in [0.25, 0.3) is 0 Å². The Balaban J connectivity index is 2.31. The van der Waals surface area contributed by atoms with Crippen molar-refractivity contribution in [2.45, 2.75) is 26.2 Å². The van der Waals surface area contributed by atoms with Gasteiger partial charge in [-0.3, -0.25) is 0 Å². The summed E-state index contributed by atoms with van der Waals surface area (Å²) in [7, 11) is 0. The van der Waals surface area contributed by atoms with Gasteiger partial charge in [0.1, 0.15) is 10.7 Å². The number of nitrogens with two attached hydrogens (primary N) is 1. The molecule has 0 saturated heterocycles. The number of hydrogen-bond donors (Lipinski definition) is 1. The lowest BCUT2D eigenvalue weighted by Gasteiger charge is -2.18. The van der Waals surface area contributed by atoms with Gasteiger partial charge < -0.3 is 10.2 Å². The summed E-state index contributed by atoms with van der Waals surface area (Å²) in [6.45, 7) is 6.58. The molecule has 0 atom stereocenters. The van der Waals surface area contributed by atoms with Crippen molar-refractivity contribution < 1.29 is 4.42 Å². The van der Waals surface area contributed by atoms with Crippen LogP contribution in [-0.2, 0) is 5.41 Å². The van der Waals surface area contributed by atoms with Gasteiger partial charge >= 0.3 is 0 Å². The first-order chi connectivity index (χ1) is 8.38. The highest BCUT2D eigenvalue weighted by Crippen LogP contribution is 2.27. The van der Waals surface area contributed by atoms with Gasteiger partial charge in [0.15, 0.2) is 5.76 Å². The highest BCUT2D eigenvalue weighted by molar-refractivity contribution is 7.80. The van der Waals surface area contributed by atoms with E-state index in [9.17, 15) is 0 Å². The minimum atomic E-state index is 0.158. The maximum Gasteiger partial charge on any atom is 0.161 e. The Bertz CT molecular complexity index is 561. The Labute approximate surface area is 113 Å². The number of rotatable bonds is 2. The van der Waals surface area contributed by atoms with Crippen molar-refractivity contribution >= 4 is 17.2 Å². The second-order valence-corrected chi connectivity index (χ2v) is 5.80. The van der Waals surface area contributed by atoms with Gasteiger partial charge in [0.2, 0.25) is 0 Å². The summed E-state index contributed by atoms with van der Waals surface area (Å²) in [6, 6.07) is 12.1. The monoisotopic (exact) mass is 259 g/mol. The highest BCUT2D eigenvalue weighted by Gasteiger charge is 2.13. The van der Waals surface area contributed by atoms with Gasteiger partial charge in [0, 0.05) is 5.56 Å². The molecule has 2 N–H and O–H groups in total. The van der Waals surface area contributed by atoms with E-state index >= 15 is 0 Å². The van der Waals surface area contributed by atoms with E-state index in [1.807, 2.05) is 6.07 Å². The van der Waals surface area contributed by atoms with Crippen molar-refractivity contribution in [2.24, 2.45) is 5.73 Å². The first kappa shape index (κ1) is 12.8. The van der Waals surface area contributed by atoms with Crippen molar-refractivity contribution in [2.75, 3.05) is 0 Å². The summed E-state index contributed by atoms with van der Waals surface area (Å²) in [5.74, 6) is 1.35. The molecule has 0 aliphatic rings. The zero-order chi connectivity index (χ0) is 13.3. The molecule has 0 aliphatic carbocycles. The smallest absolute Gasteiger partial charge is 0.161 e. The molecule has 2 aromatic rings. The van der Waals surface area contributed by atoms with E-state index in [1.165, 1.54) is 5.56 Å². The number of benzene rings is 1. The van der Waals surface area contributed by atoms with Gasteiger partial charge in [0.05, 0.1) is 0 Å². The molecule has 0 unspecified atom stereocenters. The predicted octanol–water partition coefficient (Wildman–Crippen LogP) is 3.88. The molecule has 0 aliphatic heterocycles. The van der Waals surface area contributed by atoms with Crippen LogP contribution in [0.25, 0.3) is 11.3 Å². The maximum absolute atomic E-state index is 5.59. The molecule has 0 spiro atoms. The summed E-state index contributed by atoms with van der Waals surface area (Å²) in [5, 5.41) is 0. The normalized spacial score (nSPS) is 11.5. The third-order valence-electron chi connectivity index (χ3n) is 2.88. The predicted molar refractivity (Wildman–Crippen MR) is 78.7 cm³/mol. The molecule has 0 amide bonds. The Morgan fingerprint density at radius 3 is 2.11 bits per heavy atom. The van der Waals surface area contributed by atoms with Crippen LogP contribution < -0.4 is 5.73 Å². The minimum Gasteiger partial charge on any atom is -0.454 e. The molecule has 18 heavy (non-hydrogen) atoms. The molecule has 0 saturated carbocycles.